The number of alkyl halides is 3. The van der Waals surface area contributed by atoms with Gasteiger partial charge in [-0.1, -0.05) is 63.5 Å². The smallest absolute Gasteiger partial charge is 0.396 e. The number of aryl methyl sites for hydroxylation is 1. The van der Waals surface area contributed by atoms with Gasteiger partial charge in [0, 0.05) is 5.75 Å². The van der Waals surface area contributed by atoms with Gasteiger partial charge in [-0.2, -0.15) is 24.9 Å². The highest BCUT2D eigenvalue weighted by Gasteiger charge is 2.29. The molecule has 26 heavy (non-hydrogen) atoms. The Bertz CT molecular complexity index is 446. The summed E-state index contributed by atoms with van der Waals surface area (Å²) in [4.78, 5) is 0. The molecule has 0 aliphatic heterocycles. The van der Waals surface area contributed by atoms with Gasteiger partial charge >= 0.3 is 6.18 Å². The van der Waals surface area contributed by atoms with Crippen molar-refractivity contribution < 1.29 is 18.3 Å². The van der Waals surface area contributed by atoms with Crippen LogP contribution in [0.2, 0.25) is 0 Å². The van der Waals surface area contributed by atoms with Gasteiger partial charge in [-0.3, -0.25) is 0 Å². The number of aliphatic hydroxyl groups excluding tert-OH is 1. The molecule has 1 rings (SSSR count). The predicted molar refractivity (Wildman–Crippen MR) is 106 cm³/mol. The summed E-state index contributed by atoms with van der Waals surface area (Å²) in [6.07, 6.45) is 9.10. The van der Waals surface area contributed by atoms with Crippen LogP contribution in [-0.4, -0.2) is 23.2 Å². The summed E-state index contributed by atoms with van der Waals surface area (Å²) < 4.78 is 37.5. The van der Waals surface area contributed by atoms with Crippen molar-refractivity contribution in [1.29, 1.82) is 0 Å². The van der Waals surface area contributed by atoms with Crippen LogP contribution in [0.15, 0.2) is 24.3 Å². The van der Waals surface area contributed by atoms with Crippen LogP contribution in [0.4, 0.5) is 13.2 Å². The second-order valence-corrected chi connectivity index (χ2v) is 8.04. The molecule has 1 aromatic carbocycles. The van der Waals surface area contributed by atoms with Crippen LogP contribution in [-0.2, 0) is 12.6 Å². The molecule has 0 spiro atoms. The van der Waals surface area contributed by atoms with Crippen LogP contribution < -0.4 is 0 Å². The van der Waals surface area contributed by atoms with Gasteiger partial charge in [0.25, 0.3) is 0 Å². The Balaban J connectivity index is 1.89. The van der Waals surface area contributed by atoms with Gasteiger partial charge in [-0.15, -0.1) is 0 Å². The minimum absolute atomic E-state index is 0.287. The average Bonchev–Trinajstić information content (AvgIpc) is 2.61. The zero-order chi connectivity index (χ0) is 19.1. The van der Waals surface area contributed by atoms with Crippen LogP contribution in [0.3, 0.4) is 0 Å². The second kappa shape index (κ2) is 14.4. The van der Waals surface area contributed by atoms with Gasteiger partial charge in [0.05, 0.1) is 12.2 Å². The molecule has 0 saturated carbocycles. The van der Waals surface area contributed by atoms with E-state index in [0.29, 0.717) is 0 Å². The SMILES string of the molecule is OCCSCCCCCCCCCCCCc1ccc(C(F)(F)F)cc1. The third kappa shape index (κ3) is 11.8. The predicted octanol–water partition coefficient (Wildman–Crippen LogP) is 6.87. The highest BCUT2D eigenvalue weighted by Crippen LogP contribution is 2.29. The monoisotopic (exact) mass is 390 g/mol. The Labute approximate surface area is 160 Å². The fraction of sp³-hybridized carbons (Fsp3) is 0.714. The van der Waals surface area contributed by atoms with Gasteiger partial charge in [0.15, 0.2) is 0 Å². The first kappa shape index (κ1) is 23.4. The van der Waals surface area contributed by atoms with Crippen molar-refractivity contribution in [3.05, 3.63) is 35.4 Å². The summed E-state index contributed by atoms with van der Waals surface area (Å²) >= 11 is 1.83. The molecule has 1 aromatic rings. The largest absolute Gasteiger partial charge is 0.416 e. The molecule has 0 aromatic heterocycles. The molecule has 150 valence electrons. The third-order valence-corrected chi connectivity index (χ3v) is 5.57. The van der Waals surface area contributed by atoms with Crippen molar-refractivity contribution in [3.8, 4) is 0 Å². The number of hydrogen-bond acceptors (Lipinski definition) is 2. The summed E-state index contributed by atoms with van der Waals surface area (Å²) in [5.41, 5.74) is 0.431. The van der Waals surface area contributed by atoms with E-state index in [-0.39, 0.29) is 6.61 Å². The maximum atomic E-state index is 12.5. The van der Waals surface area contributed by atoms with Gasteiger partial charge in [0.2, 0.25) is 0 Å². The molecule has 0 saturated heterocycles. The Morgan fingerprint density at radius 1 is 0.692 bits per heavy atom. The minimum Gasteiger partial charge on any atom is -0.396 e. The normalized spacial score (nSPS) is 11.8. The molecule has 0 unspecified atom stereocenters. The summed E-state index contributed by atoms with van der Waals surface area (Å²) in [6.45, 7) is 0.287. The Morgan fingerprint density at radius 2 is 1.19 bits per heavy atom. The average molecular weight is 391 g/mol. The fourth-order valence-electron chi connectivity index (χ4n) is 2.97. The first-order valence-electron chi connectivity index (χ1n) is 9.89. The first-order chi connectivity index (χ1) is 12.5. The number of rotatable bonds is 15. The number of thioether (sulfide) groups is 1. The zero-order valence-electron chi connectivity index (χ0n) is 15.7. The number of aliphatic hydroxyl groups is 1. The Hall–Kier alpha value is -0.680. The quantitative estimate of drug-likeness (QED) is 0.330. The molecule has 0 heterocycles. The zero-order valence-corrected chi connectivity index (χ0v) is 16.5. The van der Waals surface area contributed by atoms with Crippen molar-refractivity contribution in [3.63, 3.8) is 0 Å². The van der Waals surface area contributed by atoms with Crippen LogP contribution in [0.5, 0.6) is 0 Å². The summed E-state index contributed by atoms with van der Waals surface area (Å²) in [5, 5.41) is 8.68. The lowest BCUT2D eigenvalue weighted by Gasteiger charge is -2.07. The summed E-state index contributed by atoms with van der Waals surface area (Å²) in [7, 11) is 0. The van der Waals surface area contributed by atoms with Crippen molar-refractivity contribution in [2.24, 2.45) is 0 Å². The Kier molecular flexibility index (Phi) is 12.9. The van der Waals surface area contributed by atoms with Gasteiger partial charge in [0.1, 0.15) is 0 Å². The molecule has 0 amide bonds. The lowest BCUT2D eigenvalue weighted by atomic mass is 10.0. The van der Waals surface area contributed by atoms with E-state index in [1.807, 2.05) is 11.8 Å². The lowest BCUT2D eigenvalue weighted by molar-refractivity contribution is -0.137. The molecular weight excluding hydrogens is 357 g/mol. The van der Waals surface area contributed by atoms with Crippen molar-refractivity contribution >= 4 is 11.8 Å². The summed E-state index contributed by atoms with van der Waals surface area (Å²) in [5.74, 6) is 2.03. The van der Waals surface area contributed by atoms with E-state index >= 15 is 0 Å². The standard InChI is InChI=1S/C21H33F3OS/c22-21(23,24)20-14-12-19(13-15-20)11-9-7-5-3-1-2-4-6-8-10-17-26-18-16-25/h12-15,25H,1-11,16-18H2. The summed E-state index contributed by atoms with van der Waals surface area (Å²) in [6, 6.07) is 5.57. The molecule has 1 nitrogen and oxygen atoms in total. The van der Waals surface area contributed by atoms with Crippen LogP contribution in [0.25, 0.3) is 0 Å². The number of benzene rings is 1. The lowest BCUT2D eigenvalue weighted by Crippen LogP contribution is -2.04. The minimum atomic E-state index is -4.24. The fourth-order valence-corrected chi connectivity index (χ4v) is 3.72. The Morgan fingerprint density at radius 3 is 1.69 bits per heavy atom. The third-order valence-electron chi connectivity index (χ3n) is 4.52. The van der Waals surface area contributed by atoms with Crippen LogP contribution in [0, 0.1) is 0 Å². The molecule has 0 bridgehead atoms. The topological polar surface area (TPSA) is 20.2 Å². The number of hydrogen-bond donors (Lipinski definition) is 1. The molecule has 5 heteroatoms. The molecule has 0 aliphatic rings. The molecule has 1 N–H and O–H groups in total. The maximum Gasteiger partial charge on any atom is 0.416 e. The van der Waals surface area contributed by atoms with E-state index in [2.05, 4.69) is 0 Å². The van der Waals surface area contributed by atoms with Gasteiger partial charge < -0.3 is 5.11 Å². The highest BCUT2D eigenvalue weighted by molar-refractivity contribution is 7.99. The van der Waals surface area contributed by atoms with Crippen LogP contribution >= 0.6 is 11.8 Å². The van der Waals surface area contributed by atoms with Gasteiger partial charge in [-0.25, -0.2) is 0 Å². The van der Waals surface area contributed by atoms with E-state index in [1.54, 1.807) is 12.1 Å². The van der Waals surface area contributed by atoms with E-state index < -0.39 is 11.7 Å². The number of unbranched alkanes of at least 4 members (excludes halogenated alkanes) is 9. The second-order valence-electron chi connectivity index (χ2n) is 6.82. The first-order valence-corrected chi connectivity index (χ1v) is 11.0. The van der Waals surface area contributed by atoms with E-state index in [9.17, 15) is 13.2 Å². The van der Waals surface area contributed by atoms with Gasteiger partial charge in [-0.05, 0) is 42.7 Å². The maximum absolute atomic E-state index is 12.5. The van der Waals surface area contributed by atoms with Crippen LogP contribution in [0.1, 0.15) is 75.3 Å². The molecule has 0 radical (unpaired) electrons. The van der Waals surface area contributed by atoms with E-state index in [1.165, 1.54) is 69.3 Å². The van der Waals surface area contributed by atoms with E-state index in [4.69, 9.17) is 5.11 Å². The molecule has 0 fully saturated rings. The van der Waals surface area contributed by atoms with Crippen molar-refractivity contribution in [2.45, 2.75) is 76.8 Å². The molecule has 0 aliphatic carbocycles. The number of halogens is 3. The van der Waals surface area contributed by atoms with Crippen molar-refractivity contribution in [1.82, 2.24) is 0 Å². The molecule has 0 atom stereocenters. The van der Waals surface area contributed by atoms with Crippen molar-refractivity contribution in [2.75, 3.05) is 18.1 Å². The van der Waals surface area contributed by atoms with E-state index in [0.717, 1.165) is 30.6 Å². The molecular formula is C21H33F3OS. The highest BCUT2D eigenvalue weighted by atomic mass is 32.2.